The van der Waals surface area contributed by atoms with E-state index in [0.717, 1.165) is 5.76 Å². The Morgan fingerprint density at radius 3 is 2.62 bits per heavy atom. The van der Waals surface area contributed by atoms with E-state index >= 15 is 0 Å². The van der Waals surface area contributed by atoms with Crippen LogP contribution in [0, 0.1) is 0 Å². The summed E-state index contributed by atoms with van der Waals surface area (Å²) in [5.41, 5.74) is 0. The smallest absolute Gasteiger partial charge is 0.120 e. The monoisotopic (exact) mass is 225 g/mol. The van der Waals surface area contributed by atoms with Gasteiger partial charge in [0.1, 0.15) is 5.76 Å². The highest BCUT2D eigenvalue weighted by Crippen LogP contribution is 2.20. The molecule has 0 spiro atoms. The predicted octanol–water partition coefficient (Wildman–Crippen LogP) is 1.88. The first-order valence-electron chi connectivity index (χ1n) is 2.51. The zero-order valence-electron chi connectivity index (χ0n) is 4.89. The summed E-state index contributed by atoms with van der Waals surface area (Å²) in [6.45, 7) is 4.04. The minimum absolute atomic E-state index is 0.426. The molecule has 46 valence electrons. The van der Waals surface area contributed by atoms with Crippen molar-refractivity contribution in [3.63, 3.8) is 0 Å². The fourth-order valence-electron chi connectivity index (χ4n) is 0.649. The Morgan fingerprint density at radius 2 is 2.50 bits per heavy atom. The molecule has 0 aromatic carbocycles. The molecule has 1 heterocycles. The van der Waals surface area contributed by atoms with Crippen LogP contribution in [-0.2, 0) is 4.84 Å². The molecule has 2 nitrogen and oxygen atoms in total. The third kappa shape index (κ3) is 1.14. The molecule has 1 rings (SSSR count). The summed E-state index contributed by atoms with van der Waals surface area (Å²) in [4.78, 5) is 5.15. The minimum atomic E-state index is 0.426. The number of rotatable bonds is 0. The van der Waals surface area contributed by atoms with Gasteiger partial charge in [-0.15, -0.1) is 0 Å². The number of nitrogens with zero attached hydrogens (tertiary/aromatic N) is 1. The van der Waals surface area contributed by atoms with Crippen molar-refractivity contribution in [1.82, 2.24) is 3.28 Å². The lowest BCUT2D eigenvalue weighted by molar-refractivity contribution is 0.00814. The third-order valence-electron chi connectivity index (χ3n) is 1.03. The summed E-state index contributed by atoms with van der Waals surface area (Å²) in [5.74, 6) is 0.993. The maximum absolute atomic E-state index is 5.15. The topological polar surface area (TPSA) is 12.5 Å². The van der Waals surface area contributed by atoms with E-state index in [9.17, 15) is 0 Å². The highest BCUT2D eigenvalue weighted by molar-refractivity contribution is 14.1. The molecule has 1 atom stereocenters. The van der Waals surface area contributed by atoms with E-state index in [2.05, 4.69) is 35.9 Å². The second-order valence-electron chi connectivity index (χ2n) is 1.88. The third-order valence-corrected chi connectivity index (χ3v) is 2.10. The molecule has 0 saturated heterocycles. The molecule has 0 saturated carbocycles. The molecule has 0 aromatic heterocycles. The molecule has 0 amide bonds. The van der Waals surface area contributed by atoms with Gasteiger partial charge in [0.25, 0.3) is 0 Å². The van der Waals surface area contributed by atoms with Crippen molar-refractivity contribution in [2.45, 2.75) is 19.9 Å². The first-order valence-corrected chi connectivity index (χ1v) is 3.48. The van der Waals surface area contributed by atoms with Gasteiger partial charge in [0, 0.05) is 0 Å². The molecule has 1 aliphatic rings. The molecule has 1 aliphatic heterocycles. The van der Waals surface area contributed by atoms with Gasteiger partial charge in [-0.05, 0) is 19.9 Å². The Morgan fingerprint density at radius 1 is 1.88 bits per heavy atom. The van der Waals surface area contributed by atoms with Crippen LogP contribution in [0.4, 0.5) is 0 Å². The average molecular weight is 225 g/mol. The van der Waals surface area contributed by atoms with Crippen molar-refractivity contribution >= 4 is 22.9 Å². The van der Waals surface area contributed by atoms with Crippen molar-refractivity contribution in [3.8, 4) is 0 Å². The van der Waals surface area contributed by atoms with Crippen LogP contribution in [0.2, 0.25) is 0 Å². The van der Waals surface area contributed by atoms with Crippen LogP contribution in [0.1, 0.15) is 13.8 Å². The Balaban J connectivity index is 2.56. The summed E-state index contributed by atoms with van der Waals surface area (Å²) >= 11 is 2.13. The molecule has 1 unspecified atom stereocenters. The first-order chi connectivity index (χ1) is 3.70. The van der Waals surface area contributed by atoms with Crippen LogP contribution in [0.15, 0.2) is 11.8 Å². The van der Waals surface area contributed by atoms with Crippen molar-refractivity contribution in [3.05, 3.63) is 11.8 Å². The van der Waals surface area contributed by atoms with Gasteiger partial charge in [-0.1, -0.05) is 3.28 Å². The van der Waals surface area contributed by atoms with E-state index in [1.54, 1.807) is 3.28 Å². The van der Waals surface area contributed by atoms with E-state index in [0.29, 0.717) is 6.04 Å². The summed E-state index contributed by atoms with van der Waals surface area (Å²) < 4.78 is 1.80. The number of hydrogen-bond acceptors (Lipinski definition) is 2. The van der Waals surface area contributed by atoms with Gasteiger partial charge in [-0.25, -0.2) is 0 Å². The van der Waals surface area contributed by atoms with E-state index in [-0.39, 0.29) is 0 Å². The fraction of sp³-hybridized carbons (Fsp3) is 0.600. The van der Waals surface area contributed by atoms with Gasteiger partial charge < -0.3 is 4.84 Å². The van der Waals surface area contributed by atoms with Crippen molar-refractivity contribution in [2.75, 3.05) is 0 Å². The summed E-state index contributed by atoms with van der Waals surface area (Å²) in [5, 5.41) is 0. The molecule has 0 fully saturated rings. The highest BCUT2D eigenvalue weighted by Gasteiger charge is 2.16. The van der Waals surface area contributed by atoms with Gasteiger partial charge >= 0.3 is 0 Å². The number of halogens is 1. The van der Waals surface area contributed by atoms with Crippen molar-refractivity contribution < 1.29 is 4.84 Å². The number of hydroxylamine groups is 1. The average Bonchev–Trinajstić information content (AvgIpc) is 1.85. The molecular formula is C5H8INO. The van der Waals surface area contributed by atoms with Gasteiger partial charge in [0.15, 0.2) is 0 Å². The van der Waals surface area contributed by atoms with Crippen LogP contribution in [0.25, 0.3) is 0 Å². The van der Waals surface area contributed by atoms with E-state index in [1.165, 1.54) is 0 Å². The zero-order valence-corrected chi connectivity index (χ0v) is 7.05. The van der Waals surface area contributed by atoms with Crippen LogP contribution in [0.3, 0.4) is 0 Å². The van der Waals surface area contributed by atoms with Crippen LogP contribution >= 0.6 is 22.9 Å². The molecule has 8 heavy (non-hydrogen) atoms. The van der Waals surface area contributed by atoms with E-state index in [1.807, 2.05) is 6.92 Å². The number of allylic oxidation sites excluding steroid dienone is 1. The quantitative estimate of drug-likeness (QED) is 0.461. The van der Waals surface area contributed by atoms with Gasteiger partial charge in [-0.3, -0.25) is 0 Å². The molecule has 0 aliphatic carbocycles. The van der Waals surface area contributed by atoms with Crippen LogP contribution < -0.4 is 0 Å². The largest absolute Gasteiger partial charge is 0.401 e. The van der Waals surface area contributed by atoms with E-state index in [4.69, 9.17) is 4.84 Å². The lowest BCUT2D eigenvalue weighted by Crippen LogP contribution is -2.13. The summed E-state index contributed by atoms with van der Waals surface area (Å²) in [7, 11) is 0. The zero-order chi connectivity index (χ0) is 6.15. The lowest BCUT2D eigenvalue weighted by Gasteiger charge is -2.09. The Labute approximate surface area is 62.9 Å². The minimum Gasteiger partial charge on any atom is -0.401 e. The Hall–Kier alpha value is 0.230. The SMILES string of the molecule is CC1=CC(C)N(I)O1. The molecule has 0 N–H and O–H groups in total. The number of hydrogen-bond donors (Lipinski definition) is 0. The second kappa shape index (κ2) is 2.23. The Kier molecular flexibility index (Phi) is 1.77. The molecular weight excluding hydrogens is 217 g/mol. The van der Waals surface area contributed by atoms with Crippen LogP contribution in [0.5, 0.6) is 0 Å². The molecule has 3 heteroatoms. The maximum Gasteiger partial charge on any atom is 0.120 e. The van der Waals surface area contributed by atoms with Gasteiger partial charge in [0.2, 0.25) is 0 Å². The van der Waals surface area contributed by atoms with E-state index < -0.39 is 0 Å². The molecule has 0 radical (unpaired) electrons. The summed E-state index contributed by atoms with van der Waals surface area (Å²) in [6, 6.07) is 0.426. The Bertz CT molecular complexity index is 124. The molecule has 0 bridgehead atoms. The summed E-state index contributed by atoms with van der Waals surface area (Å²) in [6.07, 6.45) is 2.08. The maximum atomic E-state index is 5.15. The van der Waals surface area contributed by atoms with Gasteiger partial charge in [0.05, 0.1) is 28.9 Å². The second-order valence-corrected chi connectivity index (χ2v) is 2.83. The highest BCUT2D eigenvalue weighted by atomic mass is 127. The van der Waals surface area contributed by atoms with Crippen molar-refractivity contribution in [2.24, 2.45) is 0 Å². The fourth-order valence-corrected chi connectivity index (χ4v) is 1.12. The van der Waals surface area contributed by atoms with Crippen LogP contribution in [-0.4, -0.2) is 9.32 Å². The standard InChI is InChI=1S/C5H8INO/c1-4-3-5(2)8-7(4)6/h3-4H,1-2H3. The lowest BCUT2D eigenvalue weighted by atomic mass is 10.3. The van der Waals surface area contributed by atoms with Gasteiger partial charge in [-0.2, -0.15) is 0 Å². The van der Waals surface area contributed by atoms with Crippen molar-refractivity contribution in [1.29, 1.82) is 0 Å². The normalized spacial score (nSPS) is 29.9. The predicted molar refractivity (Wildman–Crippen MR) is 40.2 cm³/mol. The first kappa shape index (κ1) is 6.35. The molecule has 0 aromatic rings.